The van der Waals surface area contributed by atoms with Gasteiger partial charge in [-0.1, -0.05) is 12.1 Å². The average Bonchev–Trinajstić information content (AvgIpc) is 2.71. The van der Waals surface area contributed by atoms with E-state index in [0.717, 1.165) is 10.6 Å². The Morgan fingerprint density at radius 3 is 2.29 bits per heavy atom. The van der Waals surface area contributed by atoms with Gasteiger partial charge in [0.05, 0.1) is 24.8 Å². The number of rotatable bonds is 8. The SMILES string of the molecule is COc1ccc(N([C@H](C)C(=O)N/N=C(/C)c2cccc(NC(C)=O)c2)S(C)(=O)=O)cc1. The molecule has 9 nitrogen and oxygen atoms in total. The number of hydrogen-bond donors (Lipinski definition) is 2. The fourth-order valence-electron chi connectivity index (χ4n) is 2.86. The second-order valence-corrected chi connectivity index (χ2v) is 8.73. The number of hydrazone groups is 1. The zero-order valence-electron chi connectivity index (χ0n) is 18.0. The summed E-state index contributed by atoms with van der Waals surface area (Å²) in [7, 11) is -2.24. The summed E-state index contributed by atoms with van der Waals surface area (Å²) >= 11 is 0. The minimum atomic E-state index is -3.75. The lowest BCUT2D eigenvalue weighted by molar-refractivity contribution is -0.121. The summed E-state index contributed by atoms with van der Waals surface area (Å²) in [6.07, 6.45) is 1.03. The van der Waals surface area contributed by atoms with E-state index in [0.29, 0.717) is 28.4 Å². The van der Waals surface area contributed by atoms with E-state index < -0.39 is 22.0 Å². The van der Waals surface area contributed by atoms with Crippen LogP contribution in [0.25, 0.3) is 0 Å². The number of methoxy groups -OCH3 is 1. The van der Waals surface area contributed by atoms with E-state index in [1.165, 1.54) is 21.0 Å². The number of anilines is 2. The van der Waals surface area contributed by atoms with E-state index in [9.17, 15) is 18.0 Å². The molecule has 2 aromatic rings. The zero-order valence-corrected chi connectivity index (χ0v) is 18.9. The molecule has 2 N–H and O–H groups in total. The third-order valence-electron chi connectivity index (χ3n) is 4.35. The molecule has 0 unspecified atom stereocenters. The van der Waals surface area contributed by atoms with E-state index in [4.69, 9.17) is 4.74 Å². The summed E-state index contributed by atoms with van der Waals surface area (Å²) in [5.74, 6) is -0.233. The molecule has 2 amide bonds. The summed E-state index contributed by atoms with van der Waals surface area (Å²) in [6, 6.07) is 12.3. The lowest BCUT2D eigenvalue weighted by atomic mass is 10.1. The molecule has 1 atom stereocenters. The van der Waals surface area contributed by atoms with Crippen molar-refractivity contribution < 1.29 is 22.7 Å². The van der Waals surface area contributed by atoms with Crippen LogP contribution in [-0.4, -0.2) is 45.4 Å². The molecule has 0 aliphatic rings. The Kier molecular flexibility index (Phi) is 7.76. The molecular weight excluding hydrogens is 420 g/mol. The lowest BCUT2D eigenvalue weighted by Gasteiger charge is -2.27. The molecule has 31 heavy (non-hydrogen) atoms. The number of carbonyl (C=O) groups excluding carboxylic acids is 2. The second kappa shape index (κ2) is 10.1. The van der Waals surface area contributed by atoms with Crippen molar-refractivity contribution >= 4 is 38.9 Å². The van der Waals surface area contributed by atoms with Crippen molar-refractivity contribution in [1.29, 1.82) is 0 Å². The fourth-order valence-corrected chi connectivity index (χ4v) is 4.03. The first-order chi connectivity index (χ1) is 14.5. The van der Waals surface area contributed by atoms with Gasteiger partial charge in [0.25, 0.3) is 5.91 Å². The molecule has 0 aliphatic heterocycles. The topological polar surface area (TPSA) is 117 Å². The maximum atomic E-state index is 12.7. The summed E-state index contributed by atoms with van der Waals surface area (Å²) in [5, 5.41) is 6.76. The minimum Gasteiger partial charge on any atom is -0.497 e. The largest absolute Gasteiger partial charge is 0.497 e. The molecule has 0 bridgehead atoms. The van der Waals surface area contributed by atoms with Crippen molar-refractivity contribution in [1.82, 2.24) is 5.43 Å². The molecule has 0 saturated carbocycles. The number of carbonyl (C=O) groups is 2. The molecule has 0 heterocycles. The van der Waals surface area contributed by atoms with Crippen molar-refractivity contribution in [3.8, 4) is 5.75 Å². The van der Waals surface area contributed by atoms with Gasteiger partial charge in [0.2, 0.25) is 15.9 Å². The standard InChI is InChI=1S/C21H26N4O5S/c1-14(17-7-6-8-18(13-17)22-16(3)26)23-24-21(27)15(2)25(31(5,28)29)19-9-11-20(30-4)12-10-19/h6-13,15H,1-5H3,(H,22,26)(H,24,27)/b23-14-/t15-/m1/s1. The molecule has 166 valence electrons. The van der Waals surface area contributed by atoms with Crippen molar-refractivity contribution in [2.45, 2.75) is 26.8 Å². The first-order valence-electron chi connectivity index (χ1n) is 9.38. The first kappa shape index (κ1) is 23.9. The van der Waals surface area contributed by atoms with Gasteiger partial charge in [0.1, 0.15) is 11.8 Å². The Bertz CT molecular complexity index is 1080. The van der Waals surface area contributed by atoms with Crippen LogP contribution >= 0.6 is 0 Å². The summed E-state index contributed by atoms with van der Waals surface area (Å²) in [6.45, 7) is 4.57. The molecule has 0 radical (unpaired) electrons. The molecule has 0 aliphatic carbocycles. The molecule has 2 aromatic carbocycles. The van der Waals surface area contributed by atoms with Gasteiger partial charge in [-0.3, -0.25) is 13.9 Å². The number of nitrogens with zero attached hydrogens (tertiary/aromatic N) is 2. The Morgan fingerprint density at radius 1 is 1.10 bits per heavy atom. The number of nitrogens with one attached hydrogen (secondary N) is 2. The number of sulfonamides is 1. The number of ether oxygens (including phenoxy) is 1. The van der Waals surface area contributed by atoms with Crippen LogP contribution in [0.2, 0.25) is 0 Å². The van der Waals surface area contributed by atoms with Gasteiger partial charge in [-0.25, -0.2) is 13.8 Å². The quantitative estimate of drug-likeness (QED) is 0.477. The van der Waals surface area contributed by atoms with E-state index in [2.05, 4.69) is 15.8 Å². The van der Waals surface area contributed by atoms with Gasteiger partial charge in [0.15, 0.2) is 0 Å². The highest BCUT2D eigenvalue weighted by Gasteiger charge is 2.29. The van der Waals surface area contributed by atoms with Crippen molar-refractivity contribution in [3.63, 3.8) is 0 Å². The highest BCUT2D eigenvalue weighted by molar-refractivity contribution is 7.92. The van der Waals surface area contributed by atoms with Gasteiger partial charge in [0, 0.05) is 12.6 Å². The predicted octanol–water partition coefficient (Wildman–Crippen LogP) is 2.35. The Balaban J connectivity index is 2.20. The van der Waals surface area contributed by atoms with Crippen LogP contribution in [0.15, 0.2) is 53.6 Å². The minimum absolute atomic E-state index is 0.201. The summed E-state index contributed by atoms with van der Waals surface area (Å²) in [4.78, 5) is 23.9. The smallest absolute Gasteiger partial charge is 0.263 e. The van der Waals surface area contributed by atoms with E-state index in [-0.39, 0.29) is 5.91 Å². The third kappa shape index (κ3) is 6.54. The number of hydrogen-bond acceptors (Lipinski definition) is 6. The molecule has 0 aromatic heterocycles. The predicted molar refractivity (Wildman–Crippen MR) is 121 cm³/mol. The van der Waals surface area contributed by atoms with Crippen LogP contribution in [-0.2, 0) is 19.6 Å². The van der Waals surface area contributed by atoms with Gasteiger partial charge in [-0.2, -0.15) is 5.10 Å². The number of benzene rings is 2. The summed E-state index contributed by atoms with van der Waals surface area (Å²) in [5.41, 5.74) is 4.52. The third-order valence-corrected chi connectivity index (χ3v) is 5.59. The van der Waals surface area contributed by atoms with Crippen molar-refractivity contribution in [2.24, 2.45) is 5.10 Å². The van der Waals surface area contributed by atoms with Gasteiger partial charge in [-0.05, 0) is 55.8 Å². The van der Waals surface area contributed by atoms with E-state index in [1.54, 1.807) is 55.5 Å². The fraction of sp³-hybridized carbons (Fsp3) is 0.286. The van der Waals surface area contributed by atoms with Gasteiger partial charge in [-0.15, -0.1) is 0 Å². The van der Waals surface area contributed by atoms with Gasteiger partial charge < -0.3 is 10.1 Å². The van der Waals surface area contributed by atoms with Crippen LogP contribution in [0.4, 0.5) is 11.4 Å². The Morgan fingerprint density at radius 2 is 1.74 bits per heavy atom. The van der Waals surface area contributed by atoms with Crippen LogP contribution < -0.4 is 19.8 Å². The van der Waals surface area contributed by atoms with Crippen LogP contribution in [0.5, 0.6) is 5.75 Å². The van der Waals surface area contributed by atoms with Crippen LogP contribution in [0, 0.1) is 0 Å². The molecule has 0 spiro atoms. The summed E-state index contributed by atoms with van der Waals surface area (Å²) < 4.78 is 30.8. The lowest BCUT2D eigenvalue weighted by Crippen LogP contribution is -2.46. The zero-order chi connectivity index (χ0) is 23.2. The average molecular weight is 447 g/mol. The molecule has 0 saturated heterocycles. The highest BCUT2D eigenvalue weighted by atomic mass is 32.2. The van der Waals surface area contributed by atoms with Crippen LogP contribution in [0.1, 0.15) is 26.3 Å². The Labute approximate surface area is 182 Å². The molecular formula is C21H26N4O5S. The maximum Gasteiger partial charge on any atom is 0.263 e. The molecule has 10 heteroatoms. The van der Waals surface area contributed by atoms with E-state index >= 15 is 0 Å². The highest BCUT2D eigenvalue weighted by Crippen LogP contribution is 2.23. The van der Waals surface area contributed by atoms with E-state index in [1.807, 2.05) is 0 Å². The molecule has 0 fully saturated rings. The van der Waals surface area contributed by atoms with Crippen LogP contribution in [0.3, 0.4) is 0 Å². The first-order valence-corrected chi connectivity index (χ1v) is 11.2. The monoisotopic (exact) mass is 446 g/mol. The van der Waals surface area contributed by atoms with Crippen molar-refractivity contribution in [3.05, 3.63) is 54.1 Å². The Hall–Kier alpha value is -3.40. The maximum absolute atomic E-state index is 12.7. The second-order valence-electron chi connectivity index (χ2n) is 6.87. The molecule has 2 rings (SSSR count). The normalized spacial score (nSPS) is 12.6. The van der Waals surface area contributed by atoms with Gasteiger partial charge >= 0.3 is 0 Å². The van der Waals surface area contributed by atoms with Crippen molar-refractivity contribution in [2.75, 3.05) is 23.0 Å². The number of amides is 2.